The zero-order chi connectivity index (χ0) is 12.8. The molecule has 1 saturated heterocycles. The lowest BCUT2D eigenvalue weighted by Crippen LogP contribution is -2.49. The molecular weight excluding hydrogens is 214 g/mol. The number of likely N-dealkylation sites (tertiary alicyclic amines) is 1. The second-order valence-electron chi connectivity index (χ2n) is 4.94. The van der Waals surface area contributed by atoms with Crippen LogP contribution >= 0.6 is 0 Å². The Morgan fingerprint density at radius 1 is 1.35 bits per heavy atom. The number of nitriles is 1. The molecule has 0 spiro atoms. The fourth-order valence-electron chi connectivity index (χ4n) is 2.21. The molecule has 1 heterocycles. The quantitative estimate of drug-likeness (QED) is 0.746. The van der Waals surface area contributed by atoms with Crippen LogP contribution in [0, 0.1) is 11.3 Å². The van der Waals surface area contributed by atoms with E-state index in [9.17, 15) is 4.79 Å². The van der Waals surface area contributed by atoms with Crippen molar-refractivity contribution in [3.05, 3.63) is 0 Å². The zero-order valence-corrected chi connectivity index (χ0v) is 11.1. The Labute approximate surface area is 104 Å². The molecule has 0 radical (unpaired) electrons. The molecule has 1 aliphatic rings. The fraction of sp³-hybridized carbons (Fsp3) is 0.846. The number of piperidine rings is 1. The van der Waals surface area contributed by atoms with Crippen molar-refractivity contribution in [3.63, 3.8) is 0 Å². The van der Waals surface area contributed by atoms with E-state index >= 15 is 0 Å². The van der Waals surface area contributed by atoms with Crippen molar-refractivity contribution in [3.8, 4) is 6.07 Å². The van der Waals surface area contributed by atoms with Gasteiger partial charge in [0.2, 0.25) is 5.91 Å². The van der Waals surface area contributed by atoms with Crippen molar-refractivity contribution in [2.45, 2.75) is 51.6 Å². The number of rotatable bonds is 4. The van der Waals surface area contributed by atoms with Crippen molar-refractivity contribution in [1.29, 1.82) is 5.26 Å². The van der Waals surface area contributed by atoms with Crippen LogP contribution < -0.4 is 0 Å². The van der Waals surface area contributed by atoms with Gasteiger partial charge in [0.25, 0.3) is 0 Å². The van der Waals surface area contributed by atoms with Crippen LogP contribution in [0.3, 0.4) is 0 Å². The van der Waals surface area contributed by atoms with Gasteiger partial charge in [0.05, 0.1) is 18.5 Å². The highest BCUT2D eigenvalue weighted by atomic mass is 16.2. The summed E-state index contributed by atoms with van der Waals surface area (Å²) in [6, 6.07) is 2.16. The number of hydrogen-bond donors (Lipinski definition) is 0. The third-order valence-electron chi connectivity index (χ3n) is 3.72. The first-order chi connectivity index (χ1) is 8.07. The Bertz CT molecular complexity index is 292. The molecule has 0 aromatic heterocycles. The Kier molecular flexibility index (Phi) is 5.43. The lowest BCUT2D eigenvalue weighted by molar-refractivity contribution is -0.137. The van der Waals surface area contributed by atoms with Crippen molar-refractivity contribution < 1.29 is 4.79 Å². The Morgan fingerprint density at radius 3 is 2.47 bits per heavy atom. The molecule has 4 nitrogen and oxygen atoms in total. The zero-order valence-electron chi connectivity index (χ0n) is 11.1. The molecule has 1 fully saturated rings. The number of amides is 1. The van der Waals surface area contributed by atoms with E-state index in [1.54, 1.807) is 0 Å². The van der Waals surface area contributed by atoms with Gasteiger partial charge in [-0.05, 0) is 40.2 Å². The molecule has 0 aliphatic carbocycles. The van der Waals surface area contributed by atoms with Crippen LogP contribution in [0.15, 0.2) is 0 Å². The van der Waals surface area contributed by atoms with Crippen LogP contribution in [0.1, 0.15) is 39.5 Å². The number of nitrogens with zero attached hydrogens (tertiary/aromatic N) is 3. The van der Waals surface area contributed by atoms with Crippen LogP contribution in [0.2, 0.25) is 0 Å². The van der Waals surface area contributed by atoms with Gasteiger partial charge in [-0.3, -0.25) is 9.69 Å². The van der Waals surface area contributed by atoms with Crippen molar-refractivity contribution in [2.75, 3.05) is 20.1 Å². The normalized spacial score (nSPS) is 19.8. The largest absolute Gasteiger partial charge is 0.341 e. The van der Waals surface area contributed by atoms with Gasteiger partial charge in [-0.15, -0.1) is 0 Å². The second-order valence-corrected chi connectivity index (χ2v) is 4.94. The van der Waals surface area contributed by atoms with E-state index in [1.807, 2.05) is 30.7 Å². The van der Waals surface area contributed by atoms with Crippen molar-refractivity contribution in [2.24, 2.45) is 0 Å². The number of hydrogen-bond acceptors (Lipinski definition) is 3. The maximum atomic E-state index is 12.2. The van der Waals surface area contributed by atoms with Crippen LogP contribution in [0.5, 0.6) is 0 Å². The van der Waals surface area contributed by atoms with Crippen LogP contribution in [-0.2, 0) is 4.79 Å². The van der Waals surface area contributed by atoms with Gasteiger partial charge in [-0.1, -0.05) is 0 Å². The first-order valence-electron chi connectivity index (χ1n) is 6.45. The van der Waals surface area contributed by atoms with Gasteiger partial charge in [-0.2, -0.15) is 5.26 Å². The van der Waals surface area contributed by atoms with E-state index in [-0.39, 0.29) is 18.0 Å². The van der Waals surface area contributed by atoms with Gasteiger partial charge in [0, 0.05) is 19.1 Å². The third kappa shape index (κ3) is 3.71. The van der Waals surface area contributed by atoms with E-state index < -0.39 is 0 Å². The predicted molar refractivity (Wildman–Crippen MR) is 67.3 cm³/mol. The lowest BCUT2D eigenvalue weighted by Gasteiger charge is -2.34. The smallest absolute Gasteiger partial charge is 0.239 e. The summed E-state index contributed by atoms with van der Waals surface area (Å²) in [7, 11) is 1.93. The van der Waals surface area contributed by atoms with Gasteiger partial charge in [0.1, 0.15) is 0 Å². The van der Waals surface area contributed by atoms with E-state index in [0.717, 1.165) is 25.9 Å². The standard InChI is InChI=1S/C13H23N3O/c1-11(7-8-14)15(3)12(2)13(17)16-9-5-4-6-10-16/h11-12H,4-7,9-10H2,1-3H3. The van der Waals surface area contributed by atoms with Crippen molar-refractivity contribution in [1.82, 2.24) is 9.80 Å². The van der Waals surface area contributed by atoms with Crippen LogP contribution in [-0.4, -0.2) is 47.9 Å². The van der Waals surface area contributed by atoms with E-state index in [1.165, 1.54) is 6.42 Å². The van der Waals surface area contributed by atoms with E-state index in [4.69, 9.17) is 5.26 Å². The molecule has 0 saturated carbocycles. The van der Waals surface area contributed by atoms with Crippen molar-refractivity contribution >= 4 is 5.91 Å². The molecule has 0 N–H and O–H groups in total. The minimum absolute atomic E-state index is 0.128. The summed E-state index contributed by atoms with van der Waals surface area (Å²) >= 11 is 0. The second kappa shape index (κ2) is 6.61. The highest BCUT2D eigenvalue weighted by Gasteiger charge is 2.27. The molecule has 96 valence electrons. The predicted octanol–water partition coefficient (Wildman–Crippen LogP) is 1.62. The van der Waals surface area contributed by atoms with Gasteiger partial charge >= 0.3 is 0 Å². The molecule has 2 unspecified atom stereocenters. The monoisotopic (exact) mass is 237 g/mol. The summed E-state index contributed by atoms with van der Waals surface area (Å²) in [6.45, 7) is 5.71. The van der Waals surface area contributed by atoms with Gasteiger partial charge < -0.3 is 4.90 Å². The molecule has 1 aliphatic heterocycles. The topological polar surface area (TPSA) is 47.3 Å². The van der Waals surface area contributed by atoms with Gasteiger partial charge in [-0.25, -0.2) is 0 Å². The molecule has 17 heavy (non-hydrogen) atoms. The Hall–Kier alpha value is -1.08. The summed E-state index contributed by atoms with van der Waals surface area (Å²) in [6.07, 6.45) is 3.94. The fourth-order valence-corrected chi connectivity index (χ4v) is 2.21. The molecule has 0 aromatic rings. The summed E-state index contributed by atoms with van der Waals surface area (Å²) in [5, 5.41) is 8.68. The minimum Gasteiger partial charge on any atom is -0.341 e. The van der Waals surface area contributed by atoms with Crippen LogP contribution in [0.25, 0.3) is 0 Å². The highest BCUT2D eigenvalue weighted by Crippen LogP contribution is 2.13. The minimum atomic E-state index is -0.128. The molecule has 1 rings (SSSR count). The maximum Gasteiger partial charge on any atom is 0.239 e. The Morgan fingerprint density at radius 2 is 1.94 bits per heavy atom. The van der Waals surface area contributed by atoms with Gasteiger partial charge in [0.15, 0.2) is 0 Å². The highest BCUT2D eigenvalue weighted by molar-refractivity contribution is 5.81. The average Bonchev–Trinajstić information content (AvgIpc) is 2.37. The molecule has 0 aromatic carbocycles. The molecule has 2 atom stereocenters. The summed E-state index contributed by atoms with van der Waals surface area (Å²) in [5.74, 6) is 0.206. The first kappa shape index (κ1) is 14.0. The summed E-state index contributed by atoms with van der Waals surface area (Å²) in [4.78, 5) is 16.2. The third-order valence-corrected chi connectivity index (χ3v) is 3.72. The maximum absolute atomic E-state index is 12.2. The average molecular weight is 237 g/mol. The lowest BCUT2D eigenvalue weighted by atomic mass is 10.1. The summed E-state index contributed by atoms with van der Waals surface area (Å²) in [5.41, 5.74) is 0. The molecular formula is C13H23N3O. The SMILES string of the molecule is CC(CC#N)N(C)C(C)C(=O)N1CCCCC1. The molecule has 4 heteroatoms. The van der Waals surface area contributed by atoms with Crippen LogP contribution in [0.4, 0.5) is 0 Å². The van der Waals surface area contributed by atoms with E-state index in [2.05, 4.69) is 6.07 Å². The van der Waals surface area contributed by atoms with E-state index in [0.29, 0.717) is 6.42 Å². The first-order valence-corrected chi connectivity index (χ1v) is 6.45. The Balaban J connectivity index is 2.52. The number of carbonyl (C=O) groups is 1. The number of likely N-dealkylation sites (N-methyl/N-ethyl adjacent to an activating group) is 1. The molecule has 0 bridgehead atoms. The molecule has 1 amide bonds. The number of carbonyl (C=O) groups excluding carboxylic acids is 1. The summed E-state index contributed by atoms with van der Waals surface area (Å²) < 4.78 is 0.